The van der Waals surface area contributed by atoms with E-state index >= 15 is 0 Å². The monoisotopic (exact) mass is 420 g/mol. The molecule has 0 bridgehead atoms. The van der Waals surface area contributed by atoms with Crippen LogP contribution in [0.25, 0.3) is 0 Å². The lowest BCUT2D eigenvalue weighted by atomic mass is 10.2. The van der Waals surface area contributed by atoms with Crippen LogP contribution in [0, 0.1) is 12.7 Å². The number of hydrogen-bond acceptors (Lipinski definition) is 5. The molecule has 0 unspecified atom stereocenters. The first kappa shape index (κ1) is 20.5. The van der Waals surface area contributed by atoms with Crippen molar-refractivity contribution in [3.8, 4) is 11.5 Å². The van der Waals surface area contributed by atoms with Gasteiger partial charge in [0.05, 0.1) is 5.56 Å². The fourth-order valence-corrected chi connectivity index (χ4v) is 3.08. The van der Waals surface area contributed by atoms with Crippen LogP contribution < -0.4 is 15.4 Å². The molecule has 0 atom stereocenters. The van der Waals surface area contributed by atoms with Crippen LogP contribution in [0.4, 0.5) is 4.39 Å². The molecule has 0 aliphatic heterocycles. The Morgan fingerprint density at radius 3 is 2.45 bits per heavy atom. The number of halogens is 1. The number of benzene rings is 2. The molecule has 1 aliphatic rings. The van der Waals surface area contributed by atoms with Crippen molar-refractivity contribution in [1.29, 1.82) is 0 Å². The standard InChI is InChI=1S/C23H21FN4O3/c1-15-2-7-20(19(24)10-15)31-18-5-3-16(4-6-18)11-27-22(30)23(8-9-23)28-21(29)17-12-25-14-26-13-17/h2-7,10,12-14H,8-9,11H2,1H3,(H,27,30)(H,28,29). The topological polar surface area (TPSA) is 93.2 Å². The van der Waals surface area contributed by atoms with Gasteiger partial charge in [-0.3, -0.25) is 9.59 Å². The normalized spacial score (nSPS) is 13.9. The molecule has 1 fully saturated rings. The van der Waals surface area contributed by atoms with E-state index in [2.05, 4.69) is 20.6 Å². The van der Waals surface area contributed by atoms with Gasteiger partial charge in [0.2, 0.25) is 5.91 Å². The SMILES string of the molecule is Cc1ccc(Oc2ccc(CNC(=O)C3(NC(=O)c4cncnc4)CC3)cc2)c(F)c1. The summed E-state index contributed by atoms with van der Waals surface area (Å²) in [5.74, 6) is -0.385. The Morgan fingerprint density at radius 2 is 1.81 bits per heavy atom. The van der Waals surface area contributed by atoms with Gasteiger partial charge in [0, 0.05) is 18.9 Å². The summed E-state index contributed by atoms with van der Waals surface area (Å²) in [6, 6.07) is 11.8. The quantitative estimate of drug-likeness (QED) is 0.612. The molecule has 7 nitrogen and oxygen atoms in total. The number of ether oxygens (including phenoxy) is 1. The first-order valence-electron chi connectivity index (χ1n) is 9.84. The molecule has 2 N–H and O–H groups in total. The molecule has 0 radical (unpaired) electrons. The molecule has 1 aromatic heterocycles. The first-order chi connectivity index (χ1) is 14.9. The van der Waals surface area contributed by atoms with E-state index < -0.39 is 11.4 Å². The Hall–Kier alpha value is -3.81. The van der Waals surface area contributed by atoms with Crippen molar-refractivity contribution < 1.29 is 18.7 Å². The van der Waals surface area contributed by atoms with E-state index in [9.17, 15) is 14.0 Å². The predicted octanol–water partition coefficient (Wildman–Crippen LogP) is 3.30. The second-order valence-corrected chi connectivity index (χ2v) is 7.53. The van der Waals surface area contributed by atoms with Crippen LogP contribution in [0.3, 0.4) is 0 Å². The highest BCUT2D eigenvalue weighted by molar-refractivity contribution is 6.00. The lowest BCUT2D eigenvalue weighted by Crippen LogP contribution is -2.48. The summed E-state index contributed by atoms with van der Waals surface area (Å²) in [4.78, 5) is 32.5. The molecule has 2 aromatic carbocycles. The molecule has 0 saturated heterocycles. The van der Waals surface area contributed by atoms with E-state index in [-0.39, 0.29) is 17.6 Å². The Labute approximate surface area is 178 Å². The number of amides is 2. The maximum absolute atomic E-state index is 13.9. The molecule has 2 amide bonds. The summed E-state index contributed by atoms with van der Waals surface area (Å²) < 4.78 is 19.5. The number of hydrogen-bond donors (Lipinski definition) is 2. The van der Waals surface area contributed by atoms with E-state index in [1.807, 2.05) is 6.92 Å². The van der Waals surface area contributed by atoms with Crippen molar-refractivity contribution in [3.63, 3.8) is 0 Å². The fourth-order valence-electron chi connectivity index (χ4n) is 3.08. The molecule has 1 aliphatic carbocycles. The average molecular weight is 420 g/mol. The van der Waals surface area contributed by atoms with Crippen LogP contribution in [-0.4, -0.2) is 27.3 Å². The van der Waals surface area contributed by atoms with Gasteiger partial charge in [0.15, 0.2) is 11.6 Å². The minimum atomic E-state index is -0.890. The maximum Gasteiger partial charge on any atom is 0.255 e. The number of nitrogens with one attached hydrogen (secondary N) is 2. The molecular weight excluding hydrogens is 399 g/mol. The van der Waals surface area contributed by atoms with Gasteiger partial charge in [-0.15, -0.1) is 0 Å². The van der Waals surface area contributed by atoms with E-state index in [4.69, 9.17) is 4.74 Å². The lowest BCUT2D eigenvalue weighted by Gasteiger charge is -2.17. The molecule has 0 spiro atoms. The first-order valence-corrected chi connectivity index (χ1v) is 9.84. The average Bonchev–Trinajstić information content (AvgIpc) is 3.56. The number of carbonyl (C=O) groups is 2. The predicted molar refractivity (Wildman–Crippen MR) is 111 cm³/mol. The van der Waals surface area contributed by atoms with Crippen LogP contribution in [-0.2, 0) is 11.3 Å². The number of rotatable bonds is 7. The Bertz CT molecular complexity index is 1100. The van der Waals surface area contributed by atoms with Crippen molar-refractivity contribution in [2.75, 3.05) is 0 Å². The van der Waals surface area contributed by atoms with Gasteiger partial charge < -0.3 is 15.4 Å². The third-order valence-corrected chi connectivity index (χ3v) is 5.05. The third-order valence-electron chi connectivity index (χ3n) is 5.05. The van der Waals surface area contributed by atoms with Crippen LogP contribution in [0.1, 0.15) is 34.3 Å². The molecule has 31 heavy (non-hydrogen) atoms. The highest BCUT2D eigenvalue weighted by Gasteiger charge is 2.51. The smallest absolute Gasteiger partial charge is 0.255 e. The summed E-state index contributed by atoms with van der Waals surface area (Å²) in [5.41, 5.74) is 1.09. The summed E-state index contributed by atoms with van der Waals surface area (Å²) in [7, 11) is 0. The zero-order chi connectivity index (χ0) is 21.8. The van der Waals surface area contributed by atoms with Gasteiger partial charge in [0.25, 0.3) is 5.91 Å². The van der Waals surface area contributed by atoms with Crippen molar-refractivity contribution >= 4 is 11.8 Å². The largest absolute Gasteiger partial charge is 0.454 e. The van der Waals surface area contributed by atoms with Gasteiger partial charge in [-0.1, -0.05) is 18.2 Å². The zero-order valence-electron chi connectivity index (χ0n) is 16.9. The summed E-state index contributed by atoms with van der Waals surface area (Å²) in [6.45, 7) is 2.10. The minimum Gasteiger partial charge on any atom is -0.454 e. The Morgan fingerprint density at radius 1 is 1.10 bits per heavy atom. The molecule has 4 rings (SSSR count). The summed E-state index contributed by atoms with van der Waals surface area (Å²) in [5, 5.41) is 5.64. The van der Waals surface area contributed by atoms with Gasteiger partial charge in [0.1, 0.15) is 17.6 Å². The van der Waals surface area contributed by atoms with Crippen molar-refractivity contribution in [2.45, 2.75) is 31.8 Å². The second kappa shape index (κ2) is 8.51. The maximum atomic E-state index is 13.9. The van der Waals surface area contributed by atoms with Crippen molar-refractivity contribution in [3.05, 3.63) is 83.7 Å². The summed E-state index contributed by atoms with van der Waals surface area (Å²) >= 11 is 0. The molecule has 158 valence electrons. The highest BCUT2D eigenvalue weighted by Crippen LogP contribution is 2.36. The number of nitrogens with zero attached hydrogens (tertiary/aromatic N) is 2. The van der Waals surface area contributed by atoms with Crippen molar-refractivity contribution in [2.24, 2.45) is 0 Å². The molecule has 1 heterocycles. The fraction of sp³-hybridized carbons (Fsp3) is 0.217. The number of aromatic nitrogens is 2. The van der Waals surface area contributed by atoms with E-state index in [0.29, 0.717) is 30.7 Å². The van der Waals surface area contributed by atoms with Gasteiger partial charge >= 0.3 is 0 Å². The Kier molecular flexibility index (Phi) is 5.62. The summed E-state index contributed by atoms with van der Waals surface area (Å²) in [6.07, 6.45) is 5.30. The second-order valence-electron chi connectivity index (χ2n) is 7.53. The van der Waals surface area contributed by atoms with E-state index in [1.165, 1.54) is 24.8 Å². The van der Waals surface area contributed by atoms with Gasteiger partial charge in [-0.25, -0.2) is 14.4 Å². The van der Waals surface area contributed by atoms with Crippen LogP contribution in [0.5, 0.6) is 11.5 Å². The Balaban J connectivity index is 1.31. The highest BCUT2D eigenvalue weighted by atomic mass is 19.1. The molecule has 3 aromatic rings. The number of carbonyl (C=O) groups excluding carboxylic acids is 2. The third kappa shape index (κ3) is 4.85. The van der Waals surface area contributed by atoms with Crippen molar-refractivity contribution in [1.82, 2.24) is 20.6 Å². The van der Waals surface area contributed by atoms with Crippen LogP contribution >= 0.6 is 0 Å². The minimum absolute atomic E-state index is 0.155. The van der Waals surface area contributed by atoms with Gasteiger partial charge in [-0.2, -0.15) is 0 Å². The number of aryl methyl sites for hydroxylation is 1. The van der Waals surface area contributed by atoms with Crippen LogP contribution in [0.2, 0.25) is 0 Å². The van der Waals surface area contributed by atoms with Crippen LogP contribution in [0.15, 0.2) is 61.2 Å². The zero-order valence-corrected chi connectivity index (χ0v) is 16.9. The molecule has 8 heteroatoms. The van der Waals surface area contributed by atoms with Gasteiger partial charge in [-0.05, 0) is 55.2 Å². The molecule has 1 saturated carbocycles. The van der Waals surface area contributed by atoms with E-state index in [0.717, 1.165) is 11.1 Å². The molecular formula is C23H21FN4O3. The lowest BCUT2D eigenvalue weighted by molar-refractivity contribution is -0.124. The van der Waals surface area contributed by atoms with E-state index in [1.54, 1.807) is 36.4 Å².